The van der Waals surface area contributed by atoms with Gasteiger partial charge in [0.25, 0.3) is 5.69 Å². The number of imidazole rings is 1. The average Bonchev–Trinajstić information content (AvgIpc) is 3.12. The smallest absolute Gasteiger partial charge is 0.293 e. The summed E-state index contributed by atoms with van der Waals surface area (Å²) < 4.78 is 15.5. The van der Waals surface area contributed by atoms with Gasteiger partial charge in [0.05, 0.1) is 16.6 Å². The highest BCUT2D eigenvalue weighted by molar-refractivity contribution is 6.07. The van der Waals surface area contributed by atoms with Gasteiger partial charge in [-0.2, -0.15) is 5.26 Å². The normalized spacial score (nSPS) is 10.3. The average molecular weight is 379 g/mol. The van der Waals surface area contributed by atoms with Crippen molar-refractivity contribution in [3.8, 4) is 6.07 Å². The van der Waals surface area contributed by atoms with Gasteiger partial charge in [0, 0.05) is 43.2 Å². The van der Waals surface area contributed by atoms with Gasteiger partial charge in [-0.3, -0.25) is 14.9 Å². The molecule has 0 fully saturated rings. The molecule has 0 saturated carbocycles. The molecule has 3 rings (SSSR count). The number of nitriles is 1. The molecule has 9 heteroatoms. The van der Waals surface area contributed by atoms with Gasteiger partial charge in [0.2, 0.25) is 5.78 Å². The van der Waals surface area contributed by atoms with Crippen molar-refractivity contribution in [1.82, 2.24) is 9.55 Å². The Balaban J connectivity index is 1.86. The first-order valence-corrected chi connectivity index (χ1v) is 8.13. The third kappa shape index (κ3) is 3.71. The molecule has 140 valence electrons. The van der Waals surface area contributed by atoms with Gasteiger partial charge in [-0.25, -0.2) is 9.37 Å². The monoisotopic (exact) mass is 379 g/mol. The number of hydrogen-bond donors (Lipinski definition) is 1. The second-order valence-electron chi connectivity index (χ2n) is 5.95. The molecule has 1 aromatic heterocycles. The van der Waals surface area contributed by atoms with Gasteiger partial charge in [0.1, 0.15) is 11.5 Å². The minimum atomic E-state index is -0.618. The van der Waals surface area contributed by atoms with E-state index < -0.39 is 16.5 Å². The fraction of sp³-hybridized carbons (Fsp3) is 0.105. The molecule has 0 unspecified atom stereocenters. The van der Waals surface area contributed by atoms with Crippen LogP contribution in [0.15, 0.2) is 48.8 Å². The molecule has 0 bridgehead atoms. The molecule has 2 aromatic carbocycles. The van der Waals surface area contributed by atoms with Crippen LogP contribution < -0.4 is 5.32 Å². The van der Waals surface area contributed by atoms with E-state index >= 15 is 0 Å². The largest absolute Gasteiger partial charge is 0.375 e. The Bertz CT molecular complexity index is 1120. The molecule has 1 heterocycles. The first-order chi connectivity index (χ1) is 13.4. The summed E-state index contributed by atoms with van der Waals surface area (Å²) in [7, 11) is 1.65. The van der Waals surface area contributed by atoms with Crippen LogP contribution in [0.3, 0.4) is 0 Å². The van der Waals surface area contributed by atoms with E-state index in [1.807, 2.05) is 6.07 Å². The van der Waals surface area contributed by atoms with Crippen molar-refractivity contribution >= 4 is 17.2 Å². The molecule has 0 radical (unpaired) electrons. The highest BCUT2D eigenvalue weighted by Gasteiger charge is 2.20. The SMILES string of the molecule is Cn1ccnc1C(=O)c1ccc(NCc2ccc(C#N)cc2F)c([N+](=O)[O-])c1. The van der Waals surface area contributed by atoms with E-state index in [1.54, 1.807) is 13.2 Å². The van der Waals surface area contributed by atoms with Crippen LogP contribution in [0.4, 0.5) is 15.8 Å². The van der Waals surface area contributed by atoms with Crippen molar-refractivity contribution in [3.05, 3.63) is 87.2 Å². The van der Waals surface area contributed by atoms with Crippen LogP contribution in [0.2, 0.25) is 0 Å². The van der Waals surface area contributed by atoms with Crippen LogP contribution in [-0.2, 0) is 13.6 Å². The summed E-state index contributed by atoms with van der Waals surface area (Å²) in [6.07, 6.45) is 3.06. The number of aromatic nitrogens is 2. The number of rotatable bonds is 6. The van der Waals surface area contributed by atoms with E-state index in [0.717, 1.165) is 12.1 Å². The Morgan fingerprint density at radius 1 is 1.36 bits per heavy atom. The Morgan fingerprint density at radius 3 is 2.75 bits per heavy atom. The standard InChI is InChI=1S/C19H14FN5O3/c1-24-7-6-22-19(24)18(26)13-4-5-16(17(9-13)25(27)28)23-11-14-3-2-12(10-21)8-15(14)20/h2-9,23H,11H2,1H3. The summed E-state index contributed by atoms with van der Waals surface area (Å²) in [6.45, 7) is -0.0228. The van der Waals surface area contributed by atoms with E-state index in [4.69, 9.17) is 5.26 Å². The van der Waals surface area contributed by atoms with Crippen molar-refractivity contribution in [2.45, 2.75) is 6.54 Å². The van der Waals surface area contributed by atoms with Crippen molar-refractivity contribution in [3.63, 3.8) is 0 Å². The number of anilines is 1. The second-order valence-corrected chi connectivity index (χ2v) is 5.95. The van der Waals surface area contributed by atoms with Gasteiger partial charge in [-0.15, -0.1) is 0 Å². The second kappa shape index (κ2) is 7.67. The number of carbonyl (C=O) groups excluding carboxylic acids is 1. The highest BCUT2D eigenvalue weighted by Crippen LogP contribution is 2.27. The van der Waals surface area contributed by atoms with Crippen molar-refractivity contribution < 1.29 is 14.1 Å². The van der Waals surface area contributed by atoms with E-state index in [-0.39, 0.29) is 40.4 Å². The molecule has 0 aliphatic carbocycles. The minimum absolute atomic E-state index is 0.0228. The van der Waals surface area contributed by atoms with E-state index in [0.29, 0.717) is 0 Å². The fourth-order valence-corrected chi connectivity index (χ4v) is 2.64. The molecular weight excluding hydrogens is 365 g/mol. The number of halogens is 1. The maximum Gasteiger partial charge on any atom is 0.293 e. The van der Waals surface area contributed by atoms with Crippen LogP contribution in [0.25, 0.3) is 0 Å². The van der Waals surface area contributed by atoms with Gasteiger partial charge in [-0.05, 0) is 24.3 Å². The van der Waals surface area contributed by atoms with Crippen molar-refractivity contribution in [1.29, 1.82) is 5.26 Å². The van der Waals surface area contributed by atoms with Crippen LogP contribution in [0, 0.1) is 27.3 Å². The number of nitro groups is 1. The predicted octanol–water partition coefficient (Wildman–Crippen LogP) is 3.18. The lowest BCUT2D eigenvalue weighted by Crippen LogP contribution is -2.10. The topological polar surface area (TPSA) is 114 Å². The summed E-state index contributed by atoms with van der Waals surface area (Å²) in [6, 6.07) is 9.84. The molecule has 0 saturated heterocycles. The Kier molecular flexibility index (Phi) is 5.13. The van der Waals surface area contributed by atoms with Crippen LogP contribution >= 0.6 is 0 Å². The maximum atomic E-state index is 14.0. The first-order valence-electron chi connectivity index (χ1n) is 8.13. The van der Waals surface area contributed by atoms with Crippen LogP contribution in [0.5, 0.6) is 0 Å². The zero-order valence-electron chi connectivity index (χ0n) is 14.7. The van der Waals surface area contributed by atoms with Crippen molar-refractivity contribution in [2.75, 3.05) is 5.32 Å². The number of ketones is 1. The van der Waals surface area contributed by atoms with Crippen LogP contribution in [-0.4, -0.2) is 20.3 Å². The van der Waals surface area contributed by atoms with E-state index in [2.05, 4.69) is 10.3 Å². The third-order valence-electron chi connectivity index (χ3n) is 4.13. The van der Waals surface area contributed by atoms with Gasteiger partial charge in [-0.1, -0.05) is 6.07 Å². The third-order valence-corrected chi connectivity index (χ3v) is 4.13. The number of hydrogen-bond acceptors (Lipinski definition) is 6. The number of aryl methyl sites for hydroxylation is 1. The Labute approximate surface area is 159 Å². The molecule has 1 N–H and O–H groups in total. The summed E-state index contributed by atoms with van der Waals surface area (Å²) in [5, 5.41) is 23.0. The zero-order valence-corrected chi connectivity index (χ0v) is 14.7. The lowest BCUT2D eigenvalue weighted by Gasteiger charge is -2.09. The Hall–Kier alpha value is -4.06. The predicted molar refractivity (Wildman–Crippen MR) is 98.2 cm³/mol. The number of nitro benzene ring substituents is 1. The van der Waals surface area contributed by atoms with E-state index in [1.165, 1.54) is 35.0 Å². The van der Waals surface area contributed by atoms with Gasteiger partial charge >= 0.3 is 0 Å². The molecule has 0 atom stereocenters. The molecular formula is C19H14FN5O3. The lowest BCUT2D eigenvalue weighted by atomic mass is 10.1. The molecule has 3 aromatic rings. The highest BCUT2D eigenvalue weighted by atomic mass is 19.1. The lowest BCUT2D eigenvalue weighted by molar-refractivity contribution is -0.384. The zero-order chi connectivity index (χ0) is 20.3. The molecule has 0 aliphatic rings. The summed E-state index contributed by atoms with van der Waals surface area (Å²) in [5.74, 6) is -0.870. The van der Waals surface area contributed by atoms with Gasteiger partial charge in [0.15, 0.2) is 5.82 Å². The van der Waals surface area contributed by atoms with Gasteiger partial charge < -0.3 is 9.88 Å². The molecule has 0 spiro atoms. The summed E-state index contributed by atoms with van der Waals surface area (Å²) in [5.41, 5.74) is 0.390. The number of nitrogens with one attached hydrogen (secondary N) is 1. The van der Waals surface area contributed by atoms with E-state index in [9.17, 15) is 19.3 Å². The maximum absolute atomic E-state index is 14.0. The van der Waals surface area contributed by atoms with Crippen LogP contribution in [0.1, 0.15) is 27.3 Å². The quantitative estimate of drug-likeness (QED) is 0.400. The minimum Gasteiger partial charge on any atom is -0.375 e. The Morgan fingerprint density at radius 2 is 2.14 bits per heavy atom. The summed E-state index contributed by atoms with van der Waals surface area (Å²) in [4.78, 5) is 27.3. The summed E-state index contributed by atoms with van der Waals surface area (Å²) >= 11 is 0. The molecule has 28 heavy (non-hydrogen) atoms. The molecule has 0 amide bonds. The van der Waals surface area contributed by atoms with Crippen molar-refractivity contribution in [2.24, 2.45) is 7.05 Å². The first kappa shape index (κ1) is 18.7. The molecule has 8 nitrogen and oxygen atoms in total. The number of benzene rings is 2. The number of carbonyl (C=O) groups is 1. The number of nitrogens with zero attached hydrogens (tertiary/aromatic N) is 4. The molecule has 0 aliphatic heterocycles. The fourth-order valence-electron chi connectivity index (χ4n) is 2.64.